The number of ether oxygens (including phenoxy) is 5. The van der Waals surface area contributed by atoms with Crippen LogP contribution in [-0.2, 0) is 23.7 Å². The van der Waals surface area contributed by atoms with Crippen LogP contribution in [0.3, 0.4) is 0 Å². The molecule has 3 aromatic carbocycles. The molecule has 1 N–H and O–H groups in total. The predicted octanol–water partition coefficient (Wildman–Crippen LogP) is 4.73. The van der Waals surface area contributed by atoms with Crippen LogP contribution in [0.1, 0.15) is 38.8 Å². The Labute approximate surface area is 250 Å². The Bertz CT molecular complexity index is 1420. The van der Waals surface area contributed by atoms with Gasteiger partial charge >= 0.3 is 6.09 Å². The third-order valence-electron chi connectivity index (χ3n) is 6.79. The van der Waals surface area contributed by atoms with E-state index in [9.17, 15) is 14.4 Å². The van der Waals surface area contributed by atoms with Crippen molar-refractivity contribution in [1.29, 1.82) is 0 Å². The van der Waals surface area contributed by atoms with Gasteiger partial charge in [-0.05, 0) is 23.8 Å². The number of nitrogens with one attached hydrogen (secondary N) is 1. The molecule has 0 saturated heterocycles. The molecule has 0 fully saturated rings. The van der Waals surface area contributed by atoms with Gasteiger partial charge in [0, 0.05) is 29.0 Å². The van der Waals surface area contributed by atoms with Gasteiger partial charge in [-0.1, -0.05) is 42.5 Å². The summed E-state index contributed by atoms with van der Waals surface area (Å²) < 4.78 is 26.9. The summed E-state index contributed by atoms with van der Waals surface area (Å²) in [5.41, 5.74) is 1.92. The summed E-state index contributed by atoms with van der Waals surface area (Å²) in [5.74, 6) is -0.863. The largest absolute Gasteiger partial charge is 0.441 e. The van der Waals surface area contributed by atoms with Crippen LogP contribution >= 0.6 is 0 Å². The molecule has 4 rings (SSSR count). The van der Waals surface area contributed by atoms with Gasteiger partial charge in [-0.15, -0.1) is 0 Å². The highest BCUT2D eigenvalue weighted by Crippen LogP contribution is 2.34. The van der Waals surface area contributed by atoms with E-state index in [1.807, 2.05) is 30.3 Å². The summed E-state index contributed by atoms with van der Waals surface area (Å²) in [5, 5.41) is 3.78. The number of carbonyl (C=O) groups is 3. The summed E-state index contributed by atoms with van der Waals surface area (Å²) in [4.78, 5) is 44.1. The fraction of sp³-hybridized carbons (Fsp3) is 0.375. The molecule has 1 aliphatic heterocycles. The van der Waals surface area contributed by atoms with Gasteiger partial charge in [0.15, 0.2) is 0 Å². The quantitative estimate of drug-likeness (QED) is 0.136. The van der Waals surface area contributed by atoms with E-state index in [2.05, 4.69) is 10.2 Å². The maximum absolute atomic E-state index is 13.3. The fourth-order valence-corrected chi connectivity index (χ4v) is 4.71. The van der Waals surface area contributed by atoms with Crippen LogP contribution in [0, 0.1) is 6.57 Å². The third-order valence-corrected chi connectivity index (χ3v) is 6.79. The Morgan fingerprint density at radius 1 is 0.837 bits per heavy atom. The number of imide groups is 1. The average Bonchev–Trinajstić information content (AvgIpc) is 3.03. The van der Waals surface area contributed by atoms with Gasteiger partial charge in [0.05, 0.1) is 64.9 Å². The van der Waals surface area contributed by atoms with E-state index in [0.29, 0.717) is 73.6 Å². The number of rotatable bonds is 17. The standard InChI is InChI=1S/C32H35N3O8/c1-33-14-13-28(23-7-4-3-5-8-23)43-32(38)34-27-12-11-26-29-24(27)9-6-10-25(29)30(36)35(31(26)37)15-16-40-19-20-42-22-21-41-18-17-39-2/h3-12,28H,13-22H2,2H3,(H,34,38). The topological polar surface area (TPSA) is 117 Å². The van der Waals surface area contributed by atoms with Crippen molar-refractivity contribution in [3.05, 3.63) is 88.8 Å². The molecule has 1 heterocycles. The lowest BCUT2D eigenvalue weighted by Gasteiger charge is -2.27. The molecule has 11 nitrogen and oxygen atoms in total. The van der Waals surface area contributed by atoms with E-state index in [1.165, 1.54) is 4.90 Å². The molecule has 1 atom stereocenters. The zero-order chi connectivity index (χ0) is 30.4. The number of benzene rings is 3. The summed E-state index contributed by atoms with van der Waals surface area (Å²) in [6.45, 7) is 10.2. The number of hydrogen-bond donors (Lipinski definition) is 1. The molecular weight excluding hydrogens is 554 g/mol. The molecular formula is C32H35N3O8. The maximum Gasteiger partial charge on any atom is 0.412 e. The van der Waals surface area contributed by atoms with Crippen molar-refractivity contribution in [2.45, 2.75) is 12.5 Å². The van der Waals surface area contributed by atoms with Gasteiger partial charge in [0.25, 0.3) is 11.8 Å². The lowest BCUT2D eigenvalue weighted by molar-refractivity contribution is 0.00148. The first-order valence-corrected chi connectivity index (χ1v) is 14.0. The van der Waals surface area contributed by atoms with E-state index in [0.717, 1.165) is 5.56 Å². The van der Waals surface area contributed by atoms with E-state index in [4.69, 9.17) is 30.3 Å². The molecule has 0 bridgehead atoms. The van der Waals surface area contributed by atoms with Crippen molar-refractivity contribution < 1.29 is 38.1 Å². The Hall–Kier alpha value is -4.34. The lowest BCUT2D eigenvalue weighted by Crippen LogP contribution is -2.42. The van der Waals surface area contributed by atoms with Gasteiger partial charge in [0.2, 0.25) is 6.54 Å². The second kappa shape index (κ2) is 16.3. The Morgan fingerprint density at radius 3 is 2.16 bits per heavy atom. The zero-order valence-corrected chi connectivity index (χ0v) is 24.1. The predicted molar refractivity (Wildman–Crippen MR) is 159 cm³/mol. The van der Waals surface area contributed by atoms with Gasteiger partial charge in [-0.2, -0.15) is 0 Å². The number of nitrogens with zero attached hydrogens (tertiary/aromatic N) is 2. The number of anilines is 1. The van der Waals surface area contributed by atoms with Crippen LogP contribution in [0.2, 0.25) is 0 Å². The first-order chi connectivity index (χ1) is 21.0. The Morgan fingerprint density at radius 2 is 1.49 bits per heavy atom. The molecule has 3 aromatic rings. The maximum atomic E-state index is 13.3. The second-order valence-electron chi connectivity index (χ2n) is 9.58. The highest BCUT2D eigenvalue weighted by atomic mass is 16.6. The summed E-state index contributed by atoms with van der Waals surface area (Å²) >= 11 is 0. The van der Waals surface area contributed by atoms with Crippen molar-refractivity contribution >= 4 is 34.4 Å². The zero-order valence-electron chi connectivity index (χ0n) is 24.1. The molecule has 0 saturated carbocycles. The Kier molecular flexibility index (Phi) is 12.0. The molecule has 226 valence electrons. The average molecular weight is 590 g/mol. The first-order valence-electron chi connectivity index (χ1n) is 14.0. The molecule has 1 aliphatic rings. The van der Waals surface area contributed by atoms with Crippen molar-refractivity contribution in [3.63, 3.8) is 0 Å². The van der Waals surface area contributed by atoms with E-state index < -0.39 is 24.0 Å². The smallest absolute Gasteiger partial charge is 0.412 e. The first kappa shape index (κ1) is 31.6. The molecule has 0 aliphatic carbocycles. The van der Waals surface area contributed by atoms with Gasteiger partial charge in [0.1, 0.15) is 6.10 Å². The molecule has 1 unspecified atom stereocenters. The molecule has 0 spiro atoms. The van der Waals surface area contributed by atoms with Crippen LogP contribution in [-0.4, -0.2) is 89.3 Å². The molecule has 0 radical (unpaired) electrons. The number of methoxy groups -OCH3 is 1. The van der Waals surface area contributed by atoms with E-state index in [1.54, 1.807) is 37.4 Å². The van der Waals surface area contributed by atoms with Gasteiger partial charge in [-0.3, -0.25) is 19.8 Å². The summed E-state index contributed by atoms with van der Waals surface area (Å²) in [7, 11) is 1.61. The minimum atomic E-state index is -0.700. The van der Waals surface area contributed by atoms with E-state index >= 15 is 0 Å². The van der Waals surface area contributed by atoms with Gasteiger partial charge < -0.3 is 28.5 Å². The van der Waals surface area contributed by atoms with Crippen LogP contribution in [0.5, 0.6) is 0 Å². The normalized spacial score (nSPS) is 13.2. The fourth-order valence-electron chi connectivity index (χ4n) is 4.71. The monoisotopic (exact) mass is 589 g/mol. The second-order valence-corrected chi connectivity index (χ2v) is 9.58. The van der Waals surface area contributed by atoms with Crippen molar-refractivity contribution in [2.75, 3.05) is 71.8 Å². The van der Waals surface area contributed by atoms with Crippen LogP contribution in [0.4, 0.5) is 10.5 Å². The number of carbonyl (C=O) groups excluding carboxylic acids is 3. The summed E-state index contributed by atoms with van der Waals surface area (Å²) in [6, 6.07) is 17.6. The highest BCUT2D eigenvalue weighted by molar-refractivity contribution is 6.27. The SMILES string of the molecule is [C-]#[N+]CCC(OC(=O)Nc1ccc2c3c(cccc13)C(=O)N(CCOCCOCCOCCOC)C2=O)c1ccccc1. The van der Waals surface area contributed by atoms with Crippen molar-refractivity contribution in [3.8, 4) is 0 Å². The van der Waals surface area contributed by atoms with Crippen molar-refractivity contribution in [1.82, 2.24) is 4.90 Å². The Balaban J connectivity index is 1.36. The van der Waals surface area contributed by atoms with E-state index in [-0.39, 0.29) is 19.7 Å². The summed E-state index contributed by atoms with van der Waals surface area (Å²) in [6.07, 6.45) is -0.944. The lowest BCUT2D eigenvalue weighted by atomic mass is 9.93. The number of hydrogen-bond acceptors (Lipinski definition) is 8. The molecule has 0 aromatic heterocycles. The van der Waals surface area contributed by atoms with Crippen LogP contribution < -0.4 is 5.32 Å². The molecule has 43 heavy (non-hydrogen) atoms. The van der Waals surface area contributed by atoms with Crippen LogP contribution in [0.25, 0.3) is 15.6 Å². The third kappa shape index (κ3) is 8.37. The van der Waals surface area contributed by atoms with Crippen molar-refractivity contribution in [2.24, 2.45) is 0 Å². The minimum Gasteiger partial charge on any atom is -0.441 e. The number of amides is 3. The van der Waals surface area contributed by atoms with Crippen LogP contribution in [0.15, 0.2) is 60.7 Å². The highest BCUT2D eigenvalue weighted by Gasteiger charge is 2.33. The molecule has 11 heteroatoms. The van der Waals surface area contributed by atoms with Gasteiger partial charge in [-0.25, -0.2) is 11.4 Å². The molecule has 3 amide bonds. The minimum absolute atomic E-state index is 0.0887.